The Morgan fingerprint density at radius 1 is 1.36 bits per heavy atom. The first-order chi connectivity index (χ1) is 13.5. The van der Waals surface area contributed by atoms with Gasteiger partial charge >= 0.3 is 5.97 Å². The highest BCUT2D eigenvalue weighted by molar-refractivity contribution is 7.14. The van der Waals surface area contributed by atoms with Crippen molar-refractivity contribution in [1.82, 2.24) is 9.88 Å². The molecule has 3 rings (SSSR count). The number of carbonyl (C=O) groups is 3. The van der Waals surface area contributed by atoms with Crippen molar-refractivity contribution in [1.29, 1.82) is 0 Å². The second kappa shape index (κ2) is 8.83. The third-order valence-corrected chi connectivity index (χ3v) is 5.12. The summed E-state index contributed by atoms with van der Waals surface area (Å²) in [5.74, 6) is -0.675. The highest BCUT2D eigenvalue weighted by Gasteiger charge is 2.35. The van der Waals surface area contributed by atoms with Gasteiger partial charge in [-0.05, 0) is 13.0 Å². The van der Waals surface area contributed by atoms with Gasteiger partial charge in [0.25, 0.3) is 0 Å². The van der Waals surface area contributed by atoms with Gasteiger partial charge in [0.15, 0.2) is 10.8 Å². The number of methoxy groups -OCH3 is 1. The van der Waals surface area contributed by atoms with Gasteiger partial charge in [0.1, 0.15) is 5.75 Å². The largest absolute Gasteiger partial charge is 0.496 e. The molecule has 2 heterocycles. The maximum absolute atomic E-state index is 12.5. The molecular formula is C19H21N3O5S. The van der Waals surface area contributed by atoms with Crippen LogP contribution in [0.5, 0.6) is 5.75 Å². The summed E-state index contributed by atoms with van der Waals surface area (Å²) in [5, 5.41) is 4.52. The van der Waals surface area contributed by atoms with E-state index in [1.807, 2.05) is 24.3 Å². The zero-order chi connectivity index (χ0) is 20.1. The minimum Gasteiger partial charge on any atom is -0.496 e. The predicted molar refractivity (Wildman–Crippen MR) is 103 cm³/mol. The molecule has 1 N–H and O–H groups in total. The average Bonchev–Trinajstić information content (AvgIpc) is 3.29. The molecule has 9 heteroatoms. The third kappa shape index (κ3) is 4.48. The van der Waals surface area contributed by atoms with Crippen LogP contribution in [0.3, 0.4) is 0 Å². The van der Waals surface area contributed by atoms with Crippen LogP contribution in [0.1, 0.15) is 29.4 Å². The number of likely N-dealkylation sites (tertiary alicyclic amines) is 1. The SMILES string of the molecule is CCOC(=O)c1csc(NC(=O)[C@H]2CC(=O)N(Cc3ccccc3OC)C2)n1. The number of rotatable bonds is 7. The molecule has 1 aromatic carbocycles. The fourth-order valence-corrected chi connectivity index (χ4v) is 3.66. The fraction of sp³-hybridized carbons (Fsp3) is 0.368. The minimum absolute atomic E-state index is 0.0857. The molecule has 0 unspecified atom stereocenters. The second-order valence-electron chi connectivity index (χ2n) is 6.23. The Balaban J connectivity index is 1.60. The molecule has 1 atom stereocenters. The number of aromatic nitrogens is 1. The number of hydrogen-bond acceptors (Lipinski definition) is 7. The lowest BCUT2D eigenvalue weighted by Gasteiger charge is -2.18. The van der Waals surface area contributed by atoms with Crippen LogP contribution in [0.4, 0.5) is 5.13 Å². The van der Waals surface area contributed by atoms with Crippen molar-refractivity contribution in [2.75, 3.05) is 25.6 Å². The molecule has 2 amide bonds. The Bertz CT molecular complexity index is 882. The van der Waals surface area contributed by atoms with Crippen LogP contribution >= 0.6 is 11.3 Å². The zero-order valence-electron chi connectivity index (χ0n) is 15.6. The van der Waals surface area contributed by atoms with Gasteiger partial charge in [-0.3, -0.25) is 9.59 Å². The van der Waals surface area contributed by atoms with Gasteiger partial charge in [-0.15, -0.1) is 11.3 Å². The monoisotopic (exact) mass is 403 g/mol. The van der Waals surface area contributed by atoms with Crippen LogP contribution in [0.2, 0.25) is 0 Å². The van der Waals surface area contributed by atoms with Crippen LogP contribution in [0.15, 0.2) is 29.6 Å². The molecule has 28 heavy (non-hydrogen) atoms. The molecule has 0 saturated carbocycles. The predicted octanol–water partition coefficient (Wildman–Crippen LogP) is 2.32. The van der Waals surface area contributed by atoms with E-state index in [0.717, 1.165) is 16.9 Å². The number of thiazole rings is 1. The summed E-state index contributed by atoms with van der Waals surface area (Å²) in [7, 11) is 1.58. The summed E-state index contributed by atoms with van der Waals surface area (Å²) in [5.41, 5.74) is 1.04. The van der Waals surface area contributed by atoms with Crippen LogP contribution in [0, 0.1) is 5.92 Å². The Hall–Kier alpha value is -2.94. The van der Waals surface area contributed by atoms with E-state index in [1.54, 1.807) is 18.9 Å². The van der Waals surface area contributed by atoms with Crippen molar-refractivity contribution in [3.05, 3.63) is 40.9 Å². The van der Waals surface area contributed by atoms with Crippen molar-refractivity contribution >= 4 is 34.3 Å². The smallest absolute Gasteiger partial charge is 0.357 e. The summed E-state index contributed by atoms with van der Waals surface area (Å²) in [6.45, 7) is 2.67. The highest BCUT2D eigenvalue weighted by Crippen LogP contribution is 2.26. The molecule has 0 aliphatic carbocycles. The Kier molecular flexibility index (Phi) is 6.25. The normalized spacial score (nSPS) is 16.1. The number of nitrogens with one attached hydrogen (secondary N) is 1. The van der Waals surface area contributed by atoms with E-state index in [9.17, 15) is 14.4 Å². The number of para-hydroxylation sites is 1. The molecule has 1 aromatic heterocycles. The number of benzene rings is 1. The Labute approximate surface area is 166 Å². The average molecular weight is 403 g/mol. The van der Waals surface area contributed by atoms with Gasteiger partial charge in [-0.25, -0.2) is 9.78 Å². The van der Waals surface area contributed by atoms with Crippen LogP contribution in [0.25, 0.3) is 0 Å². The van der Waals surface area contributed by atoms with E-state index in [-0.39, 0.29) is 30.5 Å². The maximum Gasteiger partial charge on any atom is 0.357 e. The van der Waals surface area contributed by atoms with Gasteiger partial charge in [-0.1, -0.05) is 18.2 Å². The summed E-state index contributed by atoms with van der Waals surface area (Å²) in [6.07, 6.45) is 0.136. The summed E-state index contributed by atoms with van der Waals surface area (Å²) < 4.78 is 10.2. The van der Waals surface area contributed by atoms with Crippen molar-refractivity contribution in [3.63, 3.8) is 0 Å². The van der Waals surface area contributed by atoms with E-state index < -0.39 is 11.9 Å². The number of hydrogen-bond donors (Lipinski definition) is 1. The first kappa shape index (κ1) is 19.8. The van der Waals surface area contributed by atoms with Crippen molar-refractivity contribution in [3.8, 4) is 5.75 Å². The Morgan fingerprint density at radius 2 is 2.14 bits per heavy atom. The van der Waals surface area contributed by atoms with Crippen LogP contribution in [-0.4, -0.2) is 47.9 Å². The van der Waals surface area contributed by atoms with E-state index in [0.29, 0.717) is 24.0 Å². The zero-order valence-corrected chi connectivity index (χ0v) is 16.5. The molecule has 1 aliphatic heterocycles. The number of amides is 2. The standard InChI is InChI=1S/C19H21N3O5S/c1-3-27-18(25)14-11-28-19(20-14)21-17(24)13-8-16(23)22(10-13)9-12-6-4-5-7-15(12)26-2/h4-7,11,13H,3,8-10H2,1-2H3,(H,20,21,24)/t13-/m0/s1. The lowest BCUT2D eigenvalue weighted by molar-refractivity contribution is -0.128. The number of anilines is 1. The van der Waals surface area contributed by atoms with E-state index in [1.165, 1.54) is 5.38 Å². The van der Waals surface area contributed by atoms with Gasteiger partial charge in [-0.2, -0.15) is 0 Å². The van der Waals surface area contributed by atoms with Crippen LogP contribution in [-0.2, 0) is 20.9 Å². The van der Waals surface area contributed by atoms with Crippen molar-refractivity contribution in [2.24, 2.45) is 5.92 Å². The lowest BCUT2D eigenvalue weighted by Crippen LogP contribution is -2.28. The molecule has 8 nitrogen and oxygen atoms in total. The molecular weight excluding hydrogens is 382 g/mol. The second-order valence-corrected chi connectivity index (χ2v) is 7.09. The molecule has 148 valence electrons. The lowest BCUT2D eigenvalue weighted by atomic mass is 10.1. The molecule has 0 spiro atoms. The molecule has 1 aliphatic rings. The molecule has 1 fully saturated rings. The van der Waals surface area contributed by atoms with E-state index in [2.05, 4.69) is 10.3 Å². The quantitative estimate of drug-likeness (QED) is 0.713. The molecule has 0 bridgehead atoms. The first-order valence-corrected chi connectivity index (χ1v) is 9.73. The topological polar surface area (TPSA) is 97.8 Å². The van der Waals surface area contributed by atoms with Gasteiger partial charge in [0.05, 0.1) is 19.6 Å². The number of esters is 1. The third-order valence-electron chi connectivity index (χ3n) is 4.36. The molecule has 2 aromatic rings. The van der Waals surface area contributed by atoms with Gasteiger partial charge < -0.3 is 19.7 Å². The minimum atomic E-state index is -0.529. The maximum atomic E-state index is 12.5. The van der Waals surface area contributed by atoms with Crippen molar-refractivity contribution in [2.45, 2.75) is 19.9 Å². The number of nitrogens with zero attached hydrogens (tertiary/aromatic N) is 2. The van der Waals surface area contributed by atoms with Gasteiger partial charge in [0.2, 0.25) is 11.8 Å². The molecule has 0 radical (unpaired) electrons. The van der Waals surface area contributed by atoms with Crippen LogP contribution < -0.4 is 10.1 Å². The highest BCUT2D eigenvalue weighted by atomic mass is 32.1. The first-order valence-electron chi connectivity index (χ1n) is 8.85. The molecule has 1 saturated heterocycles. The summed E-state index contributed by atoms with van der Waals surface area (Å²) in [6, 6.07) is 7.48. The van der Waals surface area contributed by atoms with E-state index >= 15 is 0 Å². The van der Waals surface area contributed by atoms with Crippen molar-refractivity contribution < 1.29 is 23.9 Å². The number of carbonyl (C=O) groups excluding carboxylic acids is 3. The Morgan fingerprint density at radius 3 is 2.89 bits per heavy atom. The summed E-state index contributed by atoms with van der Waals surface area (Å²) >= 11 is 1.14. The fourth-order valence-electron chi connectivity index (χ4n) is 2.98. The van der Waals surface area contributed by atoms with Gasteiger partial charge in [0, 0.05) is 30.5 Å². The number of ether oxygens (including phenoxy) is 2. The van der Waals surface area contributed by atoms with E-state index in [4.69, 9.17) is 9.47 Å². The summed E-state index contributed by atoms with van der Waals surface area (Å²) in [4.78, 5) is 42.2.